The maximum Gasteiger partial charge on any atom is 0.326 e. The molecule has 0 atom stereocenters. The highest BCUT2D eigenvalue weighted by atomic mass is 16.3. The summed E-state index contributed by atoms with van der Waals surface area (Å²) >= 11 is 0. The number of rotatable bonds is 5. The molecule has 20 heavy (non-hydrogen) atoms. The largest absolute Gasteiger partial charge is 0.395 e. The van der Waals surface area contributed by atoms with E-state index in [2.05, 4.69) is 4.98 Å². The quantitative estimate of drug-likeness (QED) is 0.824. The Balaban J connectivity index is 1.86. The molecule has 6 nitrogen and oxygen atoms in total. The van der Waals surface area contributed by atoms with Gasteiger partial charge in [-0.2, -0.15) is 0 Å². The van der Waals surface area contributed by atoms with Crippen LogP contribution in [-0.4, -0.2) is 44.7 Å². The van der Waals surface area contributed by atoms with E-state index in [4.69, 9.17) is 5.11 Å². The molecule has 3 rings (SSSR count). The van der Waals surface area contributed by atoms with Gasteiger partial charge in [0.05, 0.1) is 17.6 Å². The number of imidazole rings is 1. The average molecular weight is 275 g/mol. The topological polar surface area (TPSA) is 78.3 Å². The molecule has 1 aliphatic rings. The van der Waals surface area contributed by atoms with Crippen LogP contribution in [0.3, 0.4) is 0 Å². The minimum absolute atomic E-state index is 0.0132. The van der Waals surface area contributed by atoms with Crippen LogP contribution in [0, 0.1) is 0 Å². The van der Waals surface area contributed by atoms with Gasteiger partial charge in [-0.25, -0.2) is 4.79 Å². The van der Waals surface area contributed by atoms with Gasteiger partial charge in [0.25, 0.3) is 0 Å². The van der Waals surface area contributed by atoms with Crippen LogP contribution in [0.4, 0.5) is 0 Å². The number of aliphatic hydroxyl groups is 1. The number of aliphatic hydroxyl groups excluding tert-OH is 1. The predicted molar refractivity (Wildman–Crippen MR) is 74.4 cm³/mol. The molecule has 2 N–H and O–H groups in total. The van der Waals surface area contributed by atoms with Crippen LogP contribution in [0.15, 0.2) is 29.1 Å². The lowest BCUT2D eigenvalue weighted by molar-refractivity contribution is -0.132. The number of nitrogens with one attached hydrogen (secondary N) is 1. The summed E-state index contributed by atoms with van der Waals surface area (Å²) in [4.78, 5) is 28.7. The summed E-state index contributed by atoms with van der Waals surface area (Å²) in [6.45, 7) is 0.297. The van der Waals surface area contributed by atoms with E-state index in [9.17, 15) is 9.59 Å². The van der Waals surface area contributed by atoms with Crippen molar-refractivity contribution in [3.8, 4) is 0 Å². The van der Waals surface area contributed by atoms with E-state index in [1.807, 2.05) is 24.3 Å². The highest BCUT2D eigenvalue weighted by Crippen LogP contribution is 2.26. The molecule has 0 aliphatic heterocycles. The third kappa shape index (κ3) is 2.34. The molecule has 1 aliphatic carbocycles. The van der Waals surface area contributed by atoms with Crippen molar-refractivity contribution in [2.45, 2.75) is 25.4 Å². The molecule has 0 unspecified atom stereocenters. The van der Waals surface area contributed by atoms with Gasteiger partial charge in [0.2, 0.25) is 5.91 Å². The average Bonchev–Trinajstić information content (AvgIpc) is 3.22. The summed E-state index contributed by atoms with van der Waals surface area (Å²) in [6, 6.07) is 7.53. The van der Waals surface area contributed by atoms with E-state index in [1.54, 1.807) is 4.90 Å². The first-order valence-electron chi connectivity index (χ1n) is 6.78. The Labute approximate surface area is 115 Å². The number of fused-ring (bicyclic) bond motifs is 1. The van der Waals surface area contributed by atoms with Crippen LogP contribution in [0.25, 0.3) is 11.0 Å². The Kier molecular flexibility index (Phi) is 3.31. The van der Waals surface area contributed by atoms with Crippen LogP contribution in [0.5, 0.6) is 0 Å². The number of para-hydroxylation sites is 2. The number of hydrogen-bond acceptors (Lipinski definition) is 3. The molecule has 1 heterocycles. The third-order valence-corrected chi connectivity index (χ3v) is 3.62. The first-order chi connectivity index (χ1) is 9.70. The zero-order valence-corrected chi connectivity index (χ0v) is 11.1. The fourth-order valence-corrected chi connectivity index (χ4v) is 2.49. The number of amides is 1. The van der Waals surface area contributed by atoms with E-state index >= 15 is 0 Å². The second-order valence-electron chi connectivity index (χ2n) is 5.08. The molecule has 6 heteroatoms. The Morgan fingerprint density at radius 2 is 2.15 bits per heavy atom. The lowest BCUT2D eigenvalue weighted by Crippen LogP contribution is -2.39. The van der Waals surface area contributed by atoms with Gasteiger partial charge in [-0.1, -0.05) is 12.1 Å². The predicted octanol–water partition coefficient (Wildman–Crippen LogP) is 0.313. The molecule has 106 valence electrons. The van der Waals surface area contributed by atoms with E-state index in [-0.39, 0.29) is 30.8 Å². The SMILES string of the molecule is O=C(Cn1c(=O)[nH]c2ccccc21)N(CCO)C1CC1. The van der Waals surface area contributed by atoms with Gasteiger partial charge in [-0.3, -0.25) is 9.36 Å². The summed E-state index contributed by atoms with van der Waals surface area (Å²) < 4.78 is 1.45. The summed E-state index contributed by atoms with van der Waals surface area (Å²) in [5, 5.41) is 9.05. The standard InChI is InChI=1S/C14H17N3O3/c18-8-7-16(10-5-6-10)13(19)9-17-12-4-2-1-3-11(12)15-14(17)20/h1-4,10,18H,5-9H2,(H,15,20). The second kappa shape index (κ2) is 5.13. The van der Waals surface area contributed by atoms with Gasteiger partial charge in [0.15, 0.2) is 0 Å². The molecule has 0 spiro atoms. The smallest absolute Gasteiger partial charge is 0.326 e. The number of carbonyl (C=O) groups excluding carboxylic acids is 1. The summed E-state index contributed by atoms with van der Waals surface area (Å²) in [7, 11) is 0. The molecule has 1 saturated carbocycles. The second-order valence-corrected chi connectivity index (χ2v) is 5.08. The van der Waals surface area contributed by atoms with Gasteiger partial charge in [-0.05, 0) is 25.0 Å². The molecular weight excluding hydrogens is 258 g/mol. The number of aromatic amines is 1. The molecule has 2 aromatic rings. The van der Waals surface area contributed by atoms with Gasteiger partial charge >= 0.3 is 5.69 Å². The van der Waals surface area contributed by atoms with Crippen LogP contribution in [-0.2, 0) is 11.3 Å². The minimum atomic E-state index is -0.278. The number of H-pyrrole nitrogens is 1. The van der Waals surface area contributed by atoms with Crippen molar-refractivity contribution in [1.29, 1.82) is 0 Å². The lowest BCUT2D eigenvalue weighted by Gasteiger charge is -2.21. The Morgan fingerprint density at radius 3 is 2.85 bits per heavy atom. The first-order valence-corrected chi connectivity index (χ1v) is 6.78. The number of benzene rings is 1. The summed E-state index contributed by atoms with van der Waals surface area (Å²) in [5.74, 6) is -0.117. The van der Waals surface area contributed by atoms with Gasteiger partial charge in [0, 0.05) is 12.6 Å². The molecule has 1 amide bonds. The Morgan fingerprint density at radius 1 is 1.40 bits per heavy atom. The van der Waals surface area contributed by atoms with Crippen molar-refractivity contribution in [3.05, 3.63) is 34.7 Å². The van der Waals surface area contributed by atoms with Crippen molar-refractivity contribution in [2.24, 2.45) is 0 Å². The van der Waals surface area contributed by atoms with E-state index in [0.29, 0.717) is 6.54 Å². The summed E-state index contributed by atoms with van der Waals surface area (Å²) in [5.41, 5.74) is 1.18. The van der Waals surface area contributed by atoms with Gasteiger partial charge in [-0.15, -0.1) is 0 Å². The molecule has 0 radical (unpaired) electrons. The van der Waals surface area contributed by atoms with Gasteiger partial charge < -0.3 is 15.0 Å². The first kappa shape index (κ1) is 12.9. The normalized spacial score (nSPS) is 14.7. The number of aromatic nitrogens is 2. The molecule has 0 bridgehead atoms. The Hall–Kier alpha value is -2.08. The Bertz CT molecular complexity index is 684. The zero-order chi connectivity index (χ0) is 14.1. The highest BCUT2D eigenvalue weighted by Gasteiger charge is 2.32. The van der Waals surface area contributed by atoms with Crippen molar-refractivity contribution >= 4 is 16.9 Å². The van der Waals surface area contributed by atoms with Crippen molar-refractivity contribution in [3.63, 3.8) is 0 Å². The lowest BCUT2D eigenvalue weighted by atomic mass is 10.3. The van der Waals surface area contributed by atoms with E-state index in [0.717, 1.165) is 23.9 Å². The van der Waals surface area contributed by atoms with Crippen LogP contribution < -0.4 is 5.69 Å². The van der Waals surface area contributed by atoms with Crippen LogP contribution in [0.2, 0.25) is 0 Å². The molecule has 1 aromatic carbocycles. The van der Waals surface area contributed by atoms with E-state index < -0.39 is 0 Å². The van der Waals surface area contributed by atoms with E-state index in [1.165, 1.54) is 4.57 Å². The van der Waals surface area contributed by atoms with Gasteiger partial charge in [0.1, 0.15) is 6.54 Å². The van der Waals surface area contributed by atoms with Crippen molar-refractivity contribution < 1.29 is 9.90 Å². The molecule has 0 saturated heterocycles. The number of nitrogens with zero attached hydrogens (tertiary/aromatic N) is 2. The maximum absolute atomic E-state index is 12.3. The maximum atomic E-state index is 12.3. The van der Waals surface area contributed by atoms with Crippen LogP contribution in [0.1, 0.15) is 12.8 Å². The molecule has 1 fully saturated rings. The number of carbonyl (C=O) groups is 1. The monoisotopic (exact) mass is 275 g/mol. The fourth-order valence-electron chi connectivity index (χ4n) is 2.49. The van der Waals surface area contributed by atoms with Crippen molar-refractivity contribution in [2.75, 3.05) is 13.2 Å². The minimum Gasteiger partial charge on any atom is -0.395 e. The fraction of sp³-hybridized carbons (Fsp3) is 0.429. The highest BCUT2D eigenvalue weighted by molar-refractivity contribution is 5.80. The zero-order valence-electron chi connectivity index (χ0n) is 11.1. The van der Waals surface area contributed by atoms with Crippen molar-refractivity contribution in [1.82, 2.24) is 14.5 Å². The number of hydrogen-bond donors (Lipinski definition) is 2. The summed E-state index contributed by atoms with van der Waals surface area (Å²) in [6.07, 6.45) is 1.96. The van der Waals surface area contributed by atoms with Crippen LogP contribution >= 0.6 is 0 Å². The molecular formula is C14H17N3O3. The molecule has 1 aromatic heterocycles. The third-order valence-electron chi connectivity index (χ3n) is 3.62.